The monoisotopic (exact) mass is 888 g/mol. The highest BCUT2D eigenvalue weighted by atomic mass is 79.9. The number of piperidine rings is 2. The van der Waals surface area contributed by atoms with Gasteiger partial charge in [-0.1, -0.05) is 18.2 Å². The summed E-state index contributed by atoms with van der Waals surface area (Å²) in [6, 6.07) is 10.7. The number of fused-ring (bicyclic) bond motifs is 1. The molecule has 3 atom stereocenters. The molecule has 6 rings (SSSR count). The Balaban J connectivity index is 1.24. The van der Waals surface area contributed by atoms with Gasteiger partial charge in [0, 0.05) is 88.4 Å². The number of carbonyl (C=O) groups excluding carboxylic acids is 5. The summed E-state index contributed by atoms with van der Waals surface area (Å²) >= 11 is 6.80. The predicted molar refractivity (Wildman–Crippen MR) is 209 cm³/mol. The molecular formula is C39H50Br2N6O8. The van der Waals surface area contributed by atoms with Gasteiger partial charge in [0.1, 0.15) is 18.6 Å². The van der Waals surface area contributed by atoms with Crippen LogP contribution in [0.2, 0.25) is 0 Å². The number of esters is 1. The maximum atomic E-state index is 13.8. The van der Waals surface area contributed by atoms with Crippen molar-refractivity contribution in [3.05, 3.63) is 56.5 Å². The van der Waals surface area contributed by atoms with Crippen LogP contribution in [0.1, 0.15) is 63.0 Å². The lowest BCUT2D eigenvalue weighted by Gasteiger charge is -2.62. The number of urea groups is 1. The predicted octanol–water partition coefficient (Wildman–Crippen LogP) is 4.07. The van der Waals surface area contributed by atoms with Gasteiger partial charge in [-0.15, -0.1) is 0 Å². The summed E-state index contributed by atoms with van der Waals surface area (Å²) in [5.41, 5.74) is 1.18. The van der Waals surface area contributed by atoms with Crippen LogP contribution in [0.5, 0.6) is 5.75 Å². The third kappa shape index (κ3) is 8.58. The third-order valence-corrected chi connectivity index (χ3v) is 13.4. The number of para-hydroxylation sites is 1. The quantitative estimate of drug-likeness (QED) is 0.191. The molecule has 298 valence electrons. The fourth-order valence-corrected chi connectivity index (χ4v) is 10.6. The molecule has 2 aromatic carbocycles. The number of carbonyl (C=O) groups is 5. The van der Waals surface area contributed by atoms with E-state index in [1.807, 2.05) is 34.1 Å². The smallest absolute Gasteiger partial charge is 0.322 e. The zero-order valence-corrected chi connectivity index (χ0v) is 34.4. The van der Waals surface area contributed by atoms with E-state index in [0.29, 0.717) is 73.2 Å². The van der Waals surface area contributed by atoms with E-state index in [4.69, 9.17) is 4.74 Å². The van der Waals surface area contributed by atoms with E-state index in [9.17, 15) is 34.2 Å². The molecular weight excluding hydrogens is 840 g/mol. The number of phenolic OH excluding ortho intramolecular Hbond substituents is 1. The number of quaternary nitrogens is 1. The van der Waals surface area contributed by atoms with E-state index in [1.165, 1.54) is 0 Å². The Kier molecular flexibility index (Phi) is 13.2. The first kappa shape index (κ1) is 41.1. The van der Waals surface area contributed by atoms with E-state index in [-0.39, 0.29) is 81.1 Å². The summed E-state index contributed by atoms with van der Waals surface area (Å²) in [6.07, 6.45) is 2.45. The van der Waals surface area contributed by atoms with Crippen LogP contribution in [-0.2, 0) is 32.1 Å². The number of benzene rings is 2. The number of aldehydes is 1. The van der Waals surface area contributed by atoms with Crippen molar-refractivity contribution in [2.24, 2.45) is 0 Å². The van der Waals surface area contributed by atoms with Gasteiger partial charge in [-0.3, -0.25) is 19.0 Å². The number of amides is 4. The number of hydrogen-bond donors (Lipinski definition) is 2. The molecule has 3 fully saturated rings. The van der Waals surface area contributed by atoms with E-state index in [1.54, 1.807) is 19.1 Å². The van der Waals surface area contributed by atoms with Crippen molar-refractivity contribution in [1.82, 2.24) is 19.6 Å². The van der Waals surface area contributed by atoms with Gasteiger partial charge in [0.2, 0.25) is 5.91 Å². The lowest BCUT2D eigenvalue weighted by atomic mass is 9.82. The standard InChI is InChI=1S/C39H50Br2N6O8/c1-2-55-35(50)8-7-34(49)44-14-10-29(11-15-44)43-17-19-45(20-18-43)39(13-22-48)25-30(46-16-9-28-5-3-4-6-33(28)42-37(46)52)12-21-47(39,38(53)54)26-27-23-31(40)36(51)32(41)24-27/h3-6,22-24,29-30H,2,7-21,25-26H2,1H3,(H2-,42,51,52,53,54)/t30?,39?,47-/m0/s1. The summed E-state index contributed by atoms with van der Waals surface area (Å²) in [4.78, 5) is 73.2. The van der Waals surface area contributed by atoms with Crippen molar-refractivity contribution in [2.45, 2.75) is 82.6 Å². The van der Waals surface area contributed by atoms with E-state index in [2.05, 4.69) is 47.0 Å². The highest BCUT2D eigenvalue weighted by Gasteiger charge is 2.61. The molecule has 14 nitrogen and oxygen atoms in total. The van der Waals surface area contributed by atoms with Crippen molar-refractivity contribution in [1.29, 1.82) is 0 Å². The molecule has 0 bridgehead atoms. The first-order valence-electron chi connectivity index (χ1n) is 19.2. The van der Waals surface area contributed by atoms with E-state index >= 15 is 0 Å². The molecule has 0 aliphatic carbocycles. The number of halogens is 2. The van der Waals surface area contributed by atoms with Gasteiger partial charge < -0.3 is 39.7 Å². The lowest BCUT2D eigenvalue weighted by molar-refractivity contribution is -0.956. The molecule has 4 aliphatic rings. The Morgan fingerprint density at radius 3 is 2.35 bits per heavy atom. The summed E-state index contributed by atoms with van der Waals surface area (Å²) in [5, 5.41) is 27.3. The molecule has 4 amide bonds. The lowest BCUT2D eigenvalue weighted by Crippen LogP contribution is -2.81. The van der Waals surface area contributed by atoms with Crippen LogP contribution in [0.15, 0.2) is 45.3 Å². The van der Waals surface area contributed by atoms with Crippen LogP contribution in [0.3, 0.4) is 0 Å². The molecule has 4 heterocycles. The Hall–Kier alpha value is -3.57. The molecule has 3 saturated heterocycles. The minimum atomic E-state index is -1.30. The molecule has 2 aromatic rings. The van der Waals surface area contributed by atoms with Gasteiger partial charge in [0.05, 0.1) is 34.9 Å². The topological polar surface area (TPSA) is 163 Å². The van der Waals surface area contributed by atoms with Crippen LogP contribution in [-0.4, -0.2) is 136 Å². The molecule has 0 spiro atoms. The van der Waals surface area contributed by atoms with Crippen molar-refractivity contribution in [3.63, 3.8) is 0 Å². The van der Waals surface area contributed by atoms with Crippen molar-refractivity contribution < 1.29 is 43.4 Å². The average molecular weight is 891 g/mol. The zero-order valence-electron chi connectivity index (χ0n) is 31.2. The number of anilines is 1. The van der Waals surface area contributed by atoms with Crippen LogP contribution in [0.25, 0.3) is 0 Å². The first-order chi connectivity index (χ1) is 26.4. The summed E-state index contributed by atoms with van der Waals surface area (Å²) in [5.74, 6) is -0.423. The Bertz CT molecular complexity index is 1740. The summed E-state index contributed by atoms with van der Waals surface area (Å²) in [7, 11) is 0. The summed E-state index contributed by atoms with van der Waals surface area (Å²) in [6.45, 7) is 6.04. The highest BCUT2D eigenvalue weighted by Crippen LogP contribution is 2.46. The number of carboxylic acid groups (broad SMARTS) is 1. The van der Waals surface area contributed by atoms with Gasteiger partial charge in [0.15, 0.2) is 5.66 Å². The molecule has 55 heavy (non-hydrogen) atoms. The molecule has 0 aromatic heterocycles. The largest absolute Gasteiger partial charge is 0.506 e. The Morgan fingerprint density at radius 2 is 1.69 bits per heavy atom. The van der Waals surface area contributed by atoms with E-state index in [0.717, 1.165) is 30.4 Å². The van der Waals surface area contributed by atoms with Gasteiger partial charge in [-0.2, -0.15) is 0 Å². The van der Waals surface area contributed by atoms with E-state index < -0.39 is 16.2 Å². The number of rotatable bonds is 11. The Labute approximate surface area is 338 Å². The summed E-state index contributed by atoms with van der Waals surface area (Å²) < 4.78 is 5.25. The second kappa shape index (κ2) is 17.7. The van der Waals surface area contributed by atoms with Crippen molar-refractivity contribution >= 4 is 67.8 Å². The minimum Gasteiger partial charge on any atom is -0.506 e. The number of nitrogens with one attached hydrogen (secondary N) is 1. The number of piperazine rings is 1. The fraction of sp³-hybridized carbons (Fsp3) is 0.564. The normalized spacial score (nSPS) is 25.4. The molecule has 2 unspecified atom stereocenters. The molecule has 16 heteroatoms. The molecule has 0 radical (unpaired) electrons. The van der Waals surface area contributed by atoms with Crippen LogP contribution < -0.4 is 10.4 Å². The average Bonchev–Trinajstić information content (AvgIpc) is 3.35. The number of aromatic hydroxyl groups is 1. The van der Waals surface area contributed by atoms with Crippen molar-refractivity contribution in [2.75, 3.05) is 64.3 Å². The van der Waals surface area contributed by atoms with Crippen LogP contribution >= 0.6 is 31.9 Å². The van der Waals surface area contributed by atoms with Crippen molar-refractivity contribution in [3.8, 4) is 5.75 Å². The fourth-order valence-electron chi connectivity index (χ4n) is 9.31. The SMILES string of the molecule is CCOC(=O)CCC(=O)N1CCC(N2CCN(C3(CC=O)CC(N4CCc5ccccc5NC4=O)CC[N@+]3(Cc3cc(Br)c(O)c(Br)c3)C(=O)[O-])CC2)CC1. The maximum absolute atomic E-state index is 13.8. The van der Waals surface area contributed by atoms with Gasteiger partial charge in [-0.25, -0.2) is 9.69 Å². The zero-order chi connectivity index (χ0) is 39.3. The minimum absolute atomic E-state index is 0.000873. The number of likely N-dealkylation sites (tertiary alicyclic amines) is 2. The molecule has 4 aliphatic heterocycles. The van der Waals surface area contributed by atoms with Gasteiger partial charge in [0.25, 0.3) is 6.09 Å². The molecule has 0 saturated carbocycles. The molecule has 2 N–H and O–H groups in total. The third-order valence-electron chi connectivity index (χ3n) is 12.2. The second-order valence-electron chi connectivity index (χ2n) is 15.0. The van der Waals surface area contributed by atoms with Gasteiger partial charge in [-0.05, 0) is 81.8 Å². The van der Waals surface area contributed by atoms with Crippen LogP contribution in [0.4, 0.5) is 15.3 Å². The first-order valence-corrected chi connectivity index (χ1v) is 20.8. The number of ether oxygens (including phenoxy) is 1. The second-order valence-corrected chi connectivity index (χ2v) is 16.7. The van der Waals surface area contributed by atoms with Crippen LogP contribution in [0, 0.1) is 0 Å². The highest BCUT2D eigenvalue weighted by molar-refractivity contribution is 9.11. The number of phenols is 1. The maximum Gasteiger partial charge on any atom is 0.322 e. The van der Waals surface area contributed by atoms with Gasteiger partial charge >= 0.3 is 12.0 Å². The number of hydrogen-bond acceptors (Lipinski definition) is 10. The Morgan fingerprint density at radius 1 is 1.00 bits per heavy atom. The number of nitrogens with zero attached hydrogens (tertiary/aromatic N) is 5.